The van der Waals surface area contributed by atoms with Gasteiger partial charge in [-0.2, -0.15) is 0 Å². The summed E-state index contributed by atoms with van der Waals surface area (Å²) in [5.41, 5.74) is 0. The lowest BCUT2D eigenvalue weighted by Crippen LogP contribution is -2.42. The third-order valence-corrected chi connectivity index (χ3v) is 3.44. The molecule has 1 aliphatic rings. The summed E-state index contributed by atoms with van der Waals surface area (Å²) in [6.07, 6.45) is 10.6. The van der Waals surface area contributed by atoms with Crippen LogP contribution in [0.25, 0.3) is 0 Å². The van der Waals surface area contributed by atoms with Gasteiger partial charge in [0.05, 0.1) is 0 Å². The highest BCUT2D eigenvalue weighted by Gasteiger charge is 2.10. The first-order chi connectivity index (χ1) is 10.4. The van der Waals surface area contributed by atoms with Gasteiger partial charge in [0.25, 0.3) is 0 Å². The first-order valence-electron chi connectivity index (χ1n) is 7.65. The molecule has 22 heavy (non-hydrogen) atoms. The highest BCUT2D eigenvalue weighted by molar-refractivity contribution is 14.0. The molecular formula is C16H26IN5. The number of nitrogens with one attached hydrogen (secondary N) is 3. The topological polar surface area (TPSA) is 61.3 Å². The second kappa shape index (κ2) is 11.3. The van der Waals surface area contributed by atoms with Crippen LogP contribution in [0.3, 0.4) is 0 Å². The molecule has 5 nitrogen and oxygen atoms in total. The molecule has 0 aliphatic heterocycles. The Balaban J connectivity index is 0.00000242. The van der Waals surface area contributed by atoms with Crippen molar-refractivity contribution in [2.75, 3.05) is 25.5 Å². The predicted octanol–water partition coefficient (Wildman–Crippen LogP) is 2.78. The molecule has 1 aromatic heterocycles. The molecule has 0 saturated carbocycles. The van der Waals surface area contributed by atoms with Crippen LogP contribution < -0.4 is 16.0 Å². The molecule has 0 saturated heterocycles. The zero-order valence-corrected chi connectivity index (χ0v) is 15.4. The Bertz CT molecular complexity index is 453. The van der Waals surface area contributed by atoms with Crippen LogP contribution in [-0.2, 0) is 0 Å². The lowest BCUT2D eigenvalue weighted by molar-refractivity contribution is 0.626. The van der Waals surface area contributed by atoms with Crippen LogP contribution in [0, 0.1) is 0 Å². The van der Waals surface area contributed by atoms with E-state index in [2.05, 4.69) is 38.1 Å². The molecule has 3 N–H and O–H groups in total. The number of halogens is 1. The second-order valence-electron chi connectivity index (χ2n) is 5.13. The van der Waals surface area contributed by atoms with E-state index in [0.717, 1.165) is 50.6 Å². The SMILES string of the molecule is CN=C(NCCCCNc1ccccn1)NC1CC=CC1.I. The minimum Gasteiger partial charge on any atom is -0.370 e. The standard InChI is InChI=1S/C16H25N5.HI/c1-17-16(21-14-8-2-3-9-14)20-13-7-6-12-19-15-10-4-5-11-18-15;/h2-5,10-11,14H,6-9,12-13H2,1H3,(H,18,19)(H2,17,20,21);1H. The number of hydrogen-bond donors (Lipinski definition) is 3. The van der Waals surface area contributed by atoms with Crippen molar-refractivity contribution in [3.63, 3.8) is 0 Å². The van der Waals surface area contributed by atoms with Crippen molar-refractivity contribution in [1.29, 1.82) is 0 Å². The average molecular weight is 415 g/mol. The van der Waals surface area contributed by atoms with E-state index in [1.165, 1.54) is 0 Å². The molecule has 0 atom stereocenters. The second-order valence-corrected chi connectivity index (χ2v) is 5.13. The molecule has 0 aromatic carbocycles. The predicted molar refractivity (Wildman–Crippen MR) is 104 cm³/mol. The van der Waals surface area contributed by atoms with Gasteiger partial charge in [0.15, 0.2) is 5.96 Å². The fraction of sp³-hybridized carbons (Fsp3) is 0.500. The van der Waals surface area contributed by atoms with E-state index in [1.54, 1.807) is 6.20 Å². The number of aliphatic imine (C=N–C) groups is 1. The normalized spacial score (nSPS) is 14.5. The molecule has 6 heteroatoms. The Morgan fingerprint density at radius 2 is 2.00 bits per heavy atom. The number of pyridine rings is 1. The van der Waals surface area contributed by atoms with Crippen molar-refractivity contribution in [1.82, 2.24) is 15.6 Å². The lowest BCUT2D eigenvalue weighted by atomic mass is 10.2. The minimum atomic E-state index is 0. The van der Waals surface area contributed by atoms with Gasteiger partial charge < -0.3 is 16.0 Å². The maximum absolute atomic E-state index is 4.26. The van der Waals surface area contributed by atoms with Gasteiger partial charge in [-0.15, -0.1) is 24.0 Å². The Kier molecular flexibility index (Phi) is 9.61. The van der Waals surface area contributed by atoms with Gasteiger partial charge in [-0.1, -0.05) is 18.2 Å². The molecule has 0 unspecified atom stereocenters. The third kappa shape index (κ3) is 7.11. The number of hydrogen-bond acceptors (Lipinski definition) is 3. The number of nitrogens with zero attached hydrogens (tertiary/aromatic N) is 2. The van der Waals surface area contributed by atoms with Crippen LogP contribution in [0.1, 0.15) is 25.7 Å². The number of anilines is 1. The summed E-state index contributed by atoms with van der Waals surface area (Å²) in [4.78, 5) is 8.49. The summed E-state index contributed by atoms with van der Waals surface area (Å²) in [6.45, 7) is 1.88. The zero-order chi connectivity index (χ0) is 14.8. The van der Waals surface area contributed by atoms with Crippen molar-refractivity contribution < 1.29 is 0 Å². The summed E-state index contributed by atoms with van der Waals surface area (Å²) < 4.78 is 0. The van der Waals surface area contributed by atoms with Crippen molar-refractivity contribution >= 4 is 35.8 Å². The summed E-state index contributed by atoms with van der Waals surface area (Å²) >= 11 is 0. The smallest absolute Gasteiger partial charge is 0.191 e. The maximum atomic E-state index is 4.26. The number of rotatable bonds is 7. The van der Waals surface area contributed by atoms with Gasteiger partial charge in [0, 0.05) is 32.4 Å². The van der Waals surface area contributed by atoms with Crippen molar-refractivity contribution in [2.24, 2.45) is 4.99 Å². The largest absolute Gasteiger partial charge is 0.370 e. The van der Waals surface area contributed by atoms with Crippen LogP contribution in [0.5, 0.6) is 0 Å². The van der Waals surface area contributed by atoms with Crippen LogP contribution in [-0.4, -0.2) is 37.1 Å². The zero-order valence-electron chi connectivity index (χ0n) is 13.1. The van der Waals surface area contributed by atoms with E-state index in [9.17, 15) is 0 Å². The fourth-order valence-electron chi connectivity index (χ4n) is 2.26. The van der Waals surface area contributed by atoms with E-state index in [1.807, 2.05) is 25.2 Å². The Labute approximate surface area is 150 Å². The van der Waals surface area contributed by atoms with Gasteiger partial charge in [0.1, 0.15) is 5.82 Å². The average Bonchev–Trinajstić information content (AvgIpc) is 3.03. The summed E-state index contributed by atoms with van der Waals surface area (Å²) in [5, 5.41) is 10.1. The molecule has 122 valence electrons. The molecule has 0 radical (unpaired) electrons. The van der Waals surface area contributed by atoms with Gasteiger partial charge >= 0.3 is 0 Å². The van der Waals surface area contributed by atoms with Crippen LogP contribution in [0.4, 0.5) is 5.82 Å². The Hall–Kier alpha value is -1.31. The number of guanidine groups is 1. The molecule has 0 bridgehead atoms. The van der Waals surface area contributed by atoms with E-state index < -0.39 is 0 Å². The monoisotopic (exact) mass is 415 g/mol. The fourth-order valence-corrected chi connectivity index (χ4v) is 2.26. The summed E-state index contributed by atoms with van der Waals surface area (Å²) in [5.74, 6) is 1.85. The highest BCUT2D eigenvalue weighted by atomic mass is 127. The van der Waals surface area contributed by atoms with E-state index >= 15 is 0 Å². The summed E-state index contributed by atoms with van der Waals surface area (Å²) in [6, 6.07) is 6.40. The third-order valence-electron chi connectivity index (χ3n) is 3.44. The van der Waals surface area contributed by atoms with Gasteiger partial charge in [0.2, 0.25) is 0 Å². The van der Waals surface area contributed by atoms with Gasteiger partial charge in [-0.3, -0.25) is 4.99 Å². The van der Waals surface area contributed by atoms with Crippen molar-refractivity contribution in [3.8, 4) is 0 Å². The highest BCUT2D eigenvalue weighted by Crippen LogP contribution is 2.08. The Morgan fingerprint density at radius 3 is 2.68 bits per heavy atom. The number of aromatic nitrogens is 1. The molecule has 0 fully saturated rings. The molecule has 1 heterocycles. The Morgan fingerprint density at radius 1 is 1.23 bits per heavy atom. The van der Waals surface area contributed by atoms with Gasteiger partial charge in [-0.25, -0.2) is 4.98 Å². The molecule has 1 aliphatic carbocycles. The van der Waals surface area contributed by atoms with Gasteiger partial charge in [-0.05, 0) is 37.8 Å². The maximum Gasteiger partial charge on any atom is 0.191 e. The lowest BCUT2D eigenvalue weighted by Gasteiger charge is -2.16. The van der Waals surface area contributed by atoms with E-state index in [0.29, 0.717) is 6.04 Å². The molecule has 1 aromatic rings. The van der Waals surface area contributed by atoms with E-state index in [-0.39, 0.29) is 24.0 Å². The minimum absolute atomic E-state index is 0. The van der Waals surface area contributed by atoms with Crippen LogP contribution in [0.2, 0.25) is 0 Å². The molecule has 0 amide bonds. The van der Waals surface area contributed by atoms with Crippen LogP contribution >= 0.6 is 24.0 Å². The van der Waals surface area contributed by atoms with Crippen molar-refractivity contribution in [3.05, 3.63) is 36.5 Å². The summed E-state index contributed by atoms with van der Waals surface area (Å²) in [7, 11) is 1.82. The quantitative estimate of drug-likeness (QED) is 0.211. The van der Waals surface area contributed by atoms with Crippen LogP contribution in [0.15, 0.2) is 41.5 Å². The first kappa shape index (κ1) is 18.7. The molecule has 0 spiro atoms. The number of unbranched alkanes of at least 4 members (excludes halogenated alkanes) is 1. The first-order valence-corrected chi connectivity index (χ1v) is 7.65. The van der Waals surface area contributed by atoms with Crippen molar-refractivity contribution in [2.45, 2.75) is 31.7 Å². The molecule has 2 rings (SSSR count). The van der Waals surface area contributed by atoms with E-state index in [4.69, 9.17) is 0 Å². The molecular weight excluding hydrogens is 389 g/mol.